The average molecular weight is 231 g/mol. The Labute approximate surface area is 104 Å². The normalized spacial score (nSPS) is 12.3. The molecule has 0 radical (unpaired) electrons. The van der Waals surface area contributed by atoms with Gasteiger partial charge in [-0.15, -0.1) is 0 Å². The van der Waals surface area contributed by atoms with Gasteiger partial charge in [-0.1, -0.05) is 20.8 Å². The molecular weight excluding hydrogens is 210 g/mol. The predicted molar refractivity (Wildman–Crippen MR) is 70.9 cm³/mol. The number of nitrogens with zero attached hydrogens (tertiary/aromatic N) is 2. The van der Waals surface area contributed by atoms with Gasteiger partial charge in [0, 0.05) is 12.2 Å². The van der Waals surface area contributed by atoms with Crippen molar-refractivity contribution in [1.82, 2.24) is 4.98 Å². The summed E-state index contributed by atoms with van der Waals surface area (Å²) in [4.78, 5) is 4.30. The number of nitriles is 1. The van der Waals surface area contributed by atoms with Crippen molar-refractivity contribution in [2.45, 2.75) is 34.6 Å². The Balaban J connectivity index is 2.88. The minimum Gasteiger partial charge on any atom is -0.384 e. The summed E-state index contributed by atoms with van der Waals surface area (Å²) < 4.78 is 0. The molecule has 0 aromatic carbocycles. The summed E-state index contributed by atoms with van der Waals surface area (Å²) in [6.45, 7) is 11.3. The van der Waals surface area contributed by atoms with E-state index in [1.54, 1.807) is 0 Å². The molecule has 3 heteroatoms. The van der Waals surface area contributed by atoms with E-state index in [4.69, 9.17) is 5.26 Å². The third-order valence-corrected chi connectivity index (χ3v) is 3.19. The van der Waals surface area contributed by atoms with Crippen molar-refractivity contribution in [2.24, 2.45) is 11.8 Å². The summed E-state index contributed by atoms with van der Waals surface area (Å²) in [5, 5.41) is 12.5. The molecule has 0 bridgehead atoms. The van der Waals surface area contributed by atoms with Gasteiger partial charge in [-0.05, 0) is 31.7 Å². The van der Waals surface area contributed by atoms with Gasteiger partial charge >= 0.3 is 0 Å². The number of aryl methyl sites for hydroxylation is 2. The highest BCUT2D eigenvalue weighted by Crippen LogP contribution is 2.20. The van der Waals surface area contributed by atoms with E-state index in [2.05, 4.69) is 37.1 Å². The van der Waals surface area contributed by atoms with Gasteiger partial charge < -0.3 is 5.32 Å². The molecule has 1 unspecified atom stereocenters. The van der Waals surface area contributed by atoms with E-state index in [0.717, 1.165) is 23.6 Å². The number of pyridine rings is 1. The van der Waals surface area contributed by atoms with Crippen molar-refractivity contribution in [3.05, 3.63) is 23.0 Å². The third-order valence-electron chi connectivity index (χ3n) is 3.19. The number of anilines is 1. The van der Waals surface area contributed by atoms with Gasteiger partial charge in [0.1, 0.15) is 6.07 Å². The Morgan fingerprint density at radius 3 is 2.53 bits per heavy atom. The maximum Gasteiger partial charge on any atom is 0.103 e. The van der Waals surface area contributed by atoms with Crippen molar-refractivity contribution in [3.8, 4) is 6.07 Å². The summed E-state index contributed by atoms with van der Waals surface area (Å²) in [6, 6.07) is 4.16. The smallest absolute Gasteiger partial charge is 0.103 e. The molecule has 0 saturated carbocycles. The molecule has 0 aliphatic carbocycles. The van der Waals surface area contributed by atoms with E-state index in [0.29, 0.717) is 17.4 Å². The molecule has 1 atom stereocenters. The van der Waals surface area contributed by atoms with Crippen LogP contribution in [0.4, 0.5) is 5.69 Å². The van der Waals surface area contributed by atoms with Crippen molar-refractivity contribution < 1.29 is 0 Å². The van der Waals surface area contributed by atoms with E-state index in [-0.39, 0.29) is 0 Å². The van der Waals surface area contributed by atoms with Gasteiger partial charge in [-0.25, -0.2) is 0 Å². The predicted octanol–water partition coefficient (Wildman–Crippen LogP) is 3.27. The van der Waals surface area contributed by atoms with Crippen molar-refractivity contribution in [3.63, 3.8) is 0 Å². The van der Waals surface area contributed by atoms with Crippen LogP contribution < -0.4 is 5.32 Å². The van der Waals surface area contributed by atoms with Crippen molar-refractivity contribution in [1.29, 1.82) is 5.26 Å². The van der Waals surface area contributed by atoms with Crippen molar-refractivity contribution >= 4 is 5.69 Å². The van der Waals surface area contributed by atoms with Gasteiger partial charge in [0.2, 0.25) is 0 Å². The molecule has 0 aliphatic rings. The number of rotatable bonds is 4. The van der Waals surface area contributed by atoms with Crippen molar-refractivity contribution in [2.75, 3.05) is 11.9 Å². The monoisotopic (exact) mass is 231 g/mol. The molecule has 0 saturated heterocycles. The molecule has 0 spiro atoms. The molecule has 0 amide bonds. The average Bonchev–Trinajstić information content (AvgIpc) is 2.24. The molecule has 1 N–H and O–H groups in total. The van der Waals surface area contributed by atoms with Crippen LogP contribution >= 0.6 is 0 Å². The highest BCUT2D eigenvalue weighted by molar-refractivity contribution is 5.59. The topological polar surface area (TPSA) is 48.7 Å². The fraction of sp³-hybridized carbons (Fsp3) is 0.571. The fourth-order valence-corrected chi connectivity index (χ4v) is 1.62. The summed E-state index contributed by atoms with van der Waals surface area (Å²) in [6.07, 6.45) is 0. The molecule has 92 valence electrons. The second-order valence-electron chi connectivity index (χ2n) is 4.99. The summed E-state index contributed by atoms with van der Waals surface area (Å²) >= 11 is 0. The third kappa shape index (κ3) is 3.45. The Kier molecular flexibility index (Phi) is 4.51. The van der Waals surface area contributed by atoms with Gasteiger partial charge in [0.05, 0.1) is 16.9 Å². The summed E-state index contributed by atoms with van der Waals surface area (Å²) in [5.74, 6) is 1.22. The van der Waals surface area contributed by atoms with Crippen LogP contribution in [0.1, 0.15) is 37.7 Å². The number of nitrogens with one attached hydrogen (secondary N) is 1. The van der Waals surface area contributed by atoms with Gasteiger partial charge in [-0.3, -0.25) is 4.98 Å². The van der Waals surface area contributed by atoms with Gasteiger partial charge in [-0.2, -0.15) is 5.26 Å². The van der Waals surface area contributed by atoms with Crippen LogP contribution in [0.2, 0.25) is 0 Å². The van der Waals surface area contributed by atoms with Crippen LogP contribution in [0.3, 0.4) is 0 Å². The molecule has 17 heavy (non-hydrogen) atoms. The second-order valence-corrected chi connectivity index (χ2v) is 4.99. The maximum atomic E-state index is 9.13. The van der Waals surface area contributed by atoms with E-state index in [9.17, 15) is 0 Å². The number of aromatic nitrogens is 1. The lowest BCUT2D eigenvalue weighted by molar-refractivity contribution is 0.439. The molecule has 1 rings (SSSR count). The summed E-state index contributed by atoms with van der Waals surface area (Å²) in [5.41, 5.74) is 3.31. The molecular formula is C14H21N3. The molecule has 0 aliphatic heterocycles. The molecule has 1 aromatic heterocycles. The van der Waals surface area contributed by atoms with Crippen LogP contribution in [0.5, 0.6) is 0 Å². The second kappa shape index (κ2) is 5.67. The highest BCUT2D eigenvalue weighted by Gasteiger charge is 2.10. The SMILES string of the molecule is Cc1cc(NCC(C)C(C)C)c(C#N)c(C)n1. The maximum absolute atomic E-state index is 9.13. The first-order valence-corrected chi connectivity index (χ1v) is 6.08. The standard InChI is InChI=1S/C14H21N3/c1-9(2)10(3)8-16-14-6-11(4)17-12(5)13(14)7-15/h6,9-10H,8H2,1-5H3,(H,16,17). The van der Waals surface area contributed by atoms with Crippen LogP contribution in [-0.4, -0.2) is 11.5 Å². The number of hydrogen-bond donors (Lipinski definition) is 1. The van der Waals surface area contributed by atoms with Crippen LogP contribution in [0.15, 0.2) is 6.07 Å². The quantitative estimate of drug-likeness (QED) is 0.865. The van der Waals surface area contributed by atoms with E-state index >= 15 is 0 Å². The molecule has 1 aromatic rings. The first kappa shape index (κ1) is 13.5. The van der Waals surface area contributed by atoms with Crippen LogP contribution in [-0.2, 0) is 0 Å². The summed E-state index contributed by atoms with van der Waals surface area (Å²) in [7, 11) is 0. The number of hydrogen-bond acceptors (Lipinski definition) is 3. The van der Waals surface area contributed by atoms with Gasteiger partial charge in [0.25, 0.3) is 0 Å². The Bertz CT molecular complexity index is 430. The van der Waals surface area contributed by atoms with Crippen LogP contribution in [0.25, 0.3) is 0 Å². The van der Waals surface area contributed by atoms with E-state index in [1.165, 1.54) is 0 Å². The Hall–Kier alpha value is -1.56. The van der Waals surface area contributed by atoms with Gasteiger partial charge in [0.15, 0.2) is 0 Å². The molecule has 1 heterocycles. The zero-order valence-corrected chi connectivity index (χ0v) is 11.3. The Morgan fingerprint density at radius 1 is 1.35 bits per heavy atom. The zero-order chi connectivity index (χ0) is 13.0. The lowest BCUT2D eigenvalue weighted by Gasteiger charge is -2.18. The van der Waals surface area contributed by atoms with E-state index < -0.39 is 0 Å². The first-order chi connectivity index (χ1) is 7.95. The van der Waals surface area contributed by atoms with Crippen LogP contribution in [0, 0.1) is 37.0 Å². The minimum absolute atomic E-state index is 0.579. The lowest BCUT2D eigenvalue weighted by atomic mass is 9.98. The zero-order valence-electron chi connectivity index (χ0n) is 11.3. The van der Waals surface area contributed by atoms with E-state index in [1.807, 2.05) is 19.9 Å². The Morgan fingerprint density at radius 2 is 2.00 bits per heavy atom. The molecule has 0 fully saturated rings. The minimum atomic E-state index is 0.579. The first-order valence-electron chi connectivity index (χ1n) is 6.08. The fourth-order valence-electron chi connectivity index (χ4n) is 1.62. The largest absolute Gasteiger partial charge is 0.384 e. The lowest BCUT2D eigenvalue weighted by Crippen LogP contribution is -2.17. The highest BCUT2D eigenvalue weighted by atomic mass is 14.9. The molecule has 3 nitrogen and oxygen atoms in total.